The number of carbonyl (C=O) groups excluding carboxylic acids is 1. The van der Waals surface area contributed by atoms with Crippen LogP contribution in [-0.4, -0.2) is 43.9 Å². The molecular formula is C8H6N4O5. The first kappa shape index (κ1) is 10.8. The predicted molar refractivity (Wildman–Crippen MR) is 49.7 cm³/mol. The molecule has 0 spiro atoms. The Labute approximate surface area is 93.7 Å². The molecule has 0 aliphatic carbocycles. The number of carboxylic acid groups (broad SMARTS) is 1. The van der Waals surface area contributed by atoms with Gasteiger partial charge in [0.15, 0.2) is 5.69 Å². The first-order valence-electron chi connectivity index (χ1n) is 4.31. The molecule has 0 aromatic carbocycles. The summed E-state index contributed by atoms with van der Waals surface area (Å²) in [5.74, 6) is -2.12. The van der Waals surface area contributed by atoms with Gasteiger partial charge in [0.05, 0.1) is 7.11 Å². The molecule has 2 aromatic heterocycles. The third-order valence-electron chi connectivity index (χ3n) is 1.77. The van der Waals surface area contributed by atoms with E-state index in [1.165, 1.54) is 7.11 Å². The lowest BCUT2D eigenvalue weighted by Crippen LogP contribution is -2.05. The minimum absolute atomic E-state index is 0.106. The van der Waals surface area contributed by atoms with Gasteiger partial charge in [-0.05, 0) is 0 Å². The highest BCUT2D eigenvalue weighted by Crippen LogP contribution is 2.06. The average molecular weight is 238 g/mol. The Morgan fingerprint density at radius 1 is 1.53 bits per heavy atom. The molecule has 0 unspecified atom stereocenters. The van der Waals surface area contributed by atoms with Crippen LogP contribution in [0.25, 0.3) is 6.01 Å². The summed E-state index contributed by atoms with van der Waals surface area (Å²) in [5.41, 5.74) is -0.268. The zero-order valence-electron chi connectivity index (χ0n) is 8.52. The molecule has 0 radical (unpaired) electrons. The first-order valence-corrected chi connectivity index (χ1v) is 4.31. The number of carbonyl (C=O) groups is 2. The van der Waals surface area contributed by atoms with Crippen molar-refractivity contribution in [1.82, 2.24) is 19.7 Å². The van der Waals surface area contributed by atoms with Crippen LogP contribution in [0.1, 0.15) is 21.1 Å². The molecule has 9 nitrogen and oxygen atoms in total. The topological polar surface area (TPSA) is 120 Å². The van der Waals surface area contributed by atoms with Crippen LogP contribution < -0.4 is 0 Å². The Balaban J connectivity index is 2.30. The maximum atomic E-state index is 11.1. The van der Waals surface area contributed by atoms with E-state index >= 15 is 0 Å². The van der Waals surface area contributed by atoms with Gasteiger partial charge in [0.25, 0.3) is 5.82 Å². The molecule has 0 saturated heterocycles. The van der Waals surface area contributed by atoms with Crippen LogP contribution in [0.4, 0.5) is 0 Å². The molecule has 17 heavy (non-hydrogen) atoms. The van der Waals surface area contributed by atoms with Crippen molar-refractivity contribution < 1.29 is 23.8 Å². The second-order valence-corrected chi connectivity index (χ2v) is 2.82. The van der Waals surface area contributed by atoms with Crippen LogP contribution in [0.5, 0.6) is 0 Å². The second-order valence-electron chi connectivity index (χ2n) is 2.82. The van der Waals surface area contributed by atoms with Crippen LogP contribution in [0.3, 0.4) is 0 Å². The van der Waals surface area contributed by atoms with Gasteiger partial charge >= 0.3 is 18.0 Å². The van der Waals surface area contributed by atoms with E-state index in [9.17, 15) is 9.59 Å². The lowest BCUT2D eigenvalue weighted by Gasteiger charge is -1.91. The number of hydrogen-bond donors (Lipinski definition) is 1. The van der Waals surface area contributed by atoms with Crippen LogP contribution in [0, 0.1) is 0 Å². The Morgan fingerprint density at radius 2 is 2.29 bits per heavy atom. The molecule has 0 saturated carbocycles. The number of oxazole rings is 1. The number of methoxy groups -OCH3 is 1. The van der Waals surface area contributed by atoms with Gasteiger partial charge in [-0.1, -0.05) is 0 Å². The van der Waals surface area contributed by atoms with Gasteiger partial charge in [0.2, 0.25) is 0 Å². The van der Waals surface area contributed by atoms with E-state index < -0.39 is 11.9 Å². The van der Waals surface area contributed by atoms with Crippen molar-refractivity contribution in [2.24, 2.45) is 0 Å². The van der Waals surface area contributed by atoms with E-state index in [-0.39, 0.29) is 17.5 Å². The lowest BCUT2D eigenvalue weighted by molar-refractivity contribution is 0.0586. The van der Waals surface area contributed by atoms with E-state index in [0.29, 0.717) is 0 Å². The maximum Gasteiger partial charge on any atom is 0.377 e. The largest absolute Gasteiger partial charge is 0.476 e. The summed E-state index contributed by atoms with van der Waals surface area (Å²) in [4.78, 5) is 28.9. The van der Waals surface area contributed by atoms with Gasteiger partial charge in [-0.3, -0.25) is 0 Å². The average Bonchev–Trinajstić information content (AvgIpc) is 2.95. The van der Waals surface area contributed by atoms with Crippen LogP contribution in [0.15, 0.2) is 17.0 Å². The zero-order valence-corrected chi connectivity index (χ0v) is 8.52. The van der Waals surface area contributed by atoms with Gasteiger partial charge in [-0.2, -0.15) is 9.67 Å². The minimum atomic E-state index is -1.23. The summed E-state index contributed by atoms with van der Waals surface area (Å²) in [6, 6.07) is -0.106. The van der Waals surface area contributed by atoms with Crippen LogP contribution in [0.2, 0.25) is 0 Å². The molecule has 0 fully saturated rings. The van der Waals surface area contributed by atoms with Crippen LogP contribution >= 0.6 is 0 Å². The Bertz CT molecular complexity index is 572. The number of rotatable bonds is 3. The highest BCUT2D eigenvalue weighted by Gasteiger charge is 2.16. The molecule has 0 amide bonds. The monoisotopic (exact) mass is 238 g/mol. The van der Waals surface area contributed by atoms with E-state index in [0.717, 1.165) is 17.3 Å². The standard InChI is InChI=1S/C8H6N4O5/c1-16-7(15)5-9-3-12(11-5)8-10-4(2-17-8)6(13)14/h2-3H,1H3,(H,13,14). The number of carboxylic acids is 1. The lowest BCUT2D eigenvalue weighted by atomic mass is 10.5. The SMILES string of the molecule is COC(=O)c1ncn(-c2nc(C(=O)O)co2)n1. The molecule has 2 aromatic rings. The fraction of sp³-hybridized carbons (Fsp3) is 0.125. The molecule has 0 aliphatic heterocycles. The van der Waals surface area contributed by atoms with Crippen molar-refractivity contribution in [3.05, 3.63) is 24.1 Å². The first-order chi connectivity index (χ1) is 8.11. The smallest absolute Gasteiger partial charge is 0.377 e. The van der Waals surface area contributed by atoms with Crippen molar-refractivity contribution in [3.63, 3.8) is 0 Å². The maximum absolute atomic E-state index is 11.1. The van der Waals surface area contributed by atoms with Crippen molar-refractivity contribution in [1.29, 1.82) is 0 Å². The highest BCUT2D eigenvalue weighted by molar-refractivity contribution is 5.85. The summed E-state index contributed by atoms with van der Waals surface area (Å²) in [6.07, 6.45) is 2.11. The number of aromatic carboxylic acids is 1. The molecular weight excluding hydrogens is 232 g/mol. The molecule has 2 rings (SSSR count). The van der Waals surface area contributed by atoms with Gasteiger partial charge in [0.1, 0.15) is 12.6 Å². The minimum Gasteiger partial charge on any atom is -0.476 e. The fourth-order valence-electron chi connectivity index (χ4n) is 1.01. The molecule has 0 bridgehead atoms. The number of aromatic nitrogens is 4. The summed E-state index contributed by atoms with van der Waals surface area (Å²) < 4.78 is 10.3. The normalized spacial score (nSPS) is 10.2. The van der Waals surface area contributed by atoms with Gasteiger partial charge < -0.3 is 14.3 Å². The molecule has 1 N–H and O–H groups in total. The number of ether oxygens (including phenoxy) is 1. The summed E-state index contributed by atoms with van der Waals surface area (Å²) in [6.45, 7) is 0. The highest BCUT2D eigenvalue weighted by atomic mass is 16.5. The summed E-state index contributed by atoms with van der Waals surface area (Å²) in [7, 11) is 1.19. The number of nitrogens with zero attached hydrogens (tertiary/aromatic N) is 4. The van der Waals surface area contributed by atoms with E-state index in [2.05, 4.69) is 19.8 Å². The molecule has 9 heteroatoms. The quantitative estimate of drug-likeness (QED) is 0.726. The third-order valence-corrected chi connectivity index (χ3v) is 1.77. The summed E-state index contributed by atoms with van der Waals surface area (Å²) >= 11 is 0. The van der Waals surface area contributed by atoms with Crippen molar-refractivity contribution in [2.75, 3.05) is 7.11 Å². The Hall–Kier alpha value is -2.71. The van der Waals surface area contributed by atoms with E-state index in [4.69, 9.17) is 9.52 Å². The fourth-order valence-corrected chi connectivity index (χ4v) is 1.01. The Kier molecular flexibility index (Phi) is 2.57. The molecule has 0 atom stereocenters. The van der Waals surface area contributed by atoms with Gasteiger partial charge in [0, 0.05) is 0 Å². The van der Waals surface area contributed by atoms with E-state index in [1.54, 1.807) is 0 Å². The predicted octanol–water partition coefficient (Wildman–Crippen LogP) is -0.260. The zero-order chi connectivity index (χ0) is 12.4. The van der Waals surface area contributed by atoms with Gasteiger partial charge in [-0.15, -0.1) is 5.10 Å². The second kappa shape index (κ2) is 4.04. The van der Waals surface area contributed by atoms with E-state index in [1.807, 2.05) is 0 Å². The van der Waals surface area contributed by atoms with Crippen molar-refractivity contribution in [3.8, 4) is 6.01 Å². The Morgan fingerprint density at radius 3 is 2.88 bits per heavy atom. The number of hydrogen-bond acceptors (Lipinski definition) is 7. The van der Waals surface area contributed by atoms with Gasteiger partial charge in [-0.25, -0.2) is 14.6 Å². The van der Waals surface area contributed by atoms with Crippen molar-refractivity contribution in [2.45, 2.75) is 0 Å². The molecule has 2 heterocycles. The molecule has 88 valence electrons. The number of esters is 1. The van der Waals surface area contributed by atoms with Crippen molar-refractivity contribution >= 4 is 11.9 Å². The molecule has 0 aliphatic rings. The summed E-state index contributed by atoms with van der Waals surface area (Å²) in [5, 5.41) is 12.3. The third kappa shape index (κ3) is 1.97. The van der Waals surface area contributed by atoms with Crippen LogP contribution in [-0.2, 0) is 4.74 Å².